The number of halogens is 1. The number of hydrogen-bond donors (Lipinski definition) is 0. The van der Waals surface area contributed by atoms with E-state index in [0.717, 1.165) is 5.69 Å². The van der Waals surface area contributed by atoms with E-state index in [9.17, 15) is 4.79 Å². The predicted octanol–water partition coefficient (Wildman–Crippen LogP) is 4.00. The Labute approximate surface area is 142 Å². The number of hydrogen-bond acceptors (Lipinski definition) is 4. The number of rotatable bonds is 2. The van der Waals surface area contributed by atoms with E-state index in [1.165, 1.54) is 0 Å². The van der Waals surface area contributed by atoms with Crippen molar-refractivity contribution >= 4 is 22.5 Å². The van der Waals surface area contributed by atoms with Crippen LogP contribution in [0.1, 0.15) is 5.69 Å². The molecular weight excluding hydrogens is 326 g/mol. The second kappa shape index (κ2) is 5.62. The summed E-state index contributed by atoms with van der Waals surface area (Å²) in [7, 11) is 0. The molecule has 0 amide bonds. The molecule has 0 radical (unpaired) electrons. The molecule has 0 bridgehead atoms. The average molecular weight is 338 g/mol. The van der Waals surface area contributed by atoms with Crippen LogP contribution < -0.4 is 5.63 Å². The van der Waals surface area contributed by atoms with Crippen LogP contribution in [0.3, 0.4) is 0 Å². The molecule has 2 heterocycles. The van der Waals surface area contributed by atoms with E-state index in [2.05, 4.69) is 10.1 Å². The summed E-state index contributed by atoms with van der Waals surface area (Å²) in [5.74, 6) is 0.170. The van der Waals surface area contributed by atoms with Crippen LogP contribution in [0.2, 0.25) is 5.15 Å². The summed E-state index contributed by atoms with van der Waals surface area (Å²) < 4.78 is 6.98. The fourth-order valence-electron chi connectivity index (χ4n) is 2.61. The number of benzene rings is 2. The number of aromatic nitrogens is 3. The van der Waals surface area contributed by atoms with Gasteiger partial charge in [-0.05, 0) is 31.2 Å². The first kappa shape index (κ1) is 14.7. The fourth-order valence-corrected chi connectivity index (χ4v) is 2.96. The summed E-state index contributed by atoms with van der Waals surface area (Å²) in [6.45, 7) is 1.80. The molecule has 0 aliphatic carbocycles. The van der Waals surface area contributed by atoms with Crippen molar-refractivity contribution in [2.75, 3.05) is 0 Å². The SMILES string of the molecule is Cc1nn(-c2ccccc2)c(Cl)c1-c1nc2ccccc2c(=O)o1. The Bertz CT molecular complexity index is 1100. The second-order valence-corrected chi connectivity index (χ2v) is 5.68. The molecular formula is C18H12ClN3O2. The molecule has 0 atom stereocenters. The van der Waals surface area contributed by atoms with Gasteiger partial charge in [0.25, 0.3) is 0 Å². The van der Waals surface area contributed by atoms with E-state index >= 15 is 0 Å². The molecule has 4 aromatic rings. The van der Waals surface area contributed by atoms with Crippen molar-refractivity contribution < 1.29 is 4.42 Å². The van der Waals surface area contributed by atoms with Gasteiger partial charge in [0.2, 0.25) is 5.89 Å². The Balaban J connectivity index is 1.95. The summed E-state index contributed by atoms with van der Waals surface area (Å²) in [6.07, 6.45) is 0. The van der Waals surface area contributed by atoms with Gasteiger partial charge in [0.1, 0.15) is 5.15 Å². The fraction of sp³-hybridized carbons (Fsp3) is 0.0556. The third-order valence-electron chi connectivity index (χ3n) is 3.75. The van der Waals surface area contributed by atoms with Crippen molar-refractivity contribution in [3.05, 3.63) is 75.9 Å². The summed E-state index contributed by atoms with van der Waals surface area (Å²) in [4.78, 5) is 16.6. The summed E-state index contributed by atoms with van der Waals surface area (Å²) >= 11 is 6.50. The first-order valence-electron chi connectivity index (χ1n) is 7.36. The second-order valence-electron chi connectivity index (χ2n) is 5.32. The lowest BCUT2D eigenvalue weighted by Gasteiger charge is -2.03. The minimum atomic E-state index is -0.446. The van der Waals surface area contributed by atoms with Crippen molar-refractivity contribution in [2.24, 2.45) is 0 Å². The van der Waals surface area contributed by atoms with Crippen LogP contribution in [-0.2, 0) is 0 Å². The molecule has 6 heteroatoms. The predicted molar refractivity (Wildman–Crippen MR) is 92.6 cm³/mol. The maximum Gasteiger partial charge on any atom is 0.347 e. The van der Waals surface area contributed by atoms with Gasteiger partial charge in [-0.15, -0.1) is 0 Å². The standard InChI is InChI=1S/C18H12ClN3O2/c1-11-15(16(19)22(21-11)12-7-3-2-4-8-12)17-20-14-10-6-5-9-13(14)18(23)24-17/h2-10H,1H3. The molecule has 24 heavy (non-hydrogen) atoms. The van der Waals surface area contributed by atoms with Gasteiger partial charge in [-0.25, -0.2) is 14.5 Å². The molecule has 2 aromatic heterocycles. The highest BCUT2D eigenvalue weighted by molar-refractivity contribution is 6.32. The van der Waals surface area contributed by atoms with Gasteiger partial charge in [-0.2, -0.15) is 5.10 Å². The van der Waals surface area contributed by atoms with Crippen molar-refractivity contribution in [1.29, 1.82) is 0 Å². The van der Waals surface area contributed by atoms with Gasteiger partial charge in [-0.3, -0.25) is 0 Å². The smallest absolute Gasteiger partial charge is 0.347 e. The molecule has 5 nitrogen and oxygen atoms in total. The van der Waals surface area contributed by atoms with E-state index < -0.39 is 5.63 Å². The van der Waals surface area contributed by atoms with Gasteiger partial charge < -0.3 is 4.42 Å². The van der Waals surface area contributed by atoms with Gasteiger partial charge in [0, 0.05) is 0 Å². The zero-order valence-electron chi connectivity index (χ0n) is 12.7. The summed E-state index contributed by atoms with van der Waals surface area (Å²) in [6, 6.07) is 16.5. The maximum absolute atomic E-state index is 12.2. The molecule has 0 aliphatic heterocycles. The van der Waals surface area contributed by atoms with E-state index in [0.29, 0.717) is 27.3 Å². The van der Waals surface area contributed by atoms with E-state index in [1.54, 1.807) is 29.8 Å². The van der Waals surface area contributed by atoms with Crippen molar-refractivity contribution in [3.63, 3.8) is 0 Å². The number of fused-ring (bicyclic) bond motifs is 1. The lowest BCUT2D eigenvalue weighted by molar-refractivity contribution is 0.518. The molecule has 2 aromatic carbocycles. The van der Waals surface area contributed by atoms with Gasteiger partial charge in [0.05, 0.1) is 27.8 Å². The Morgan fingerprint density at radius 3 is 2.54 bits per heavy atom. The van der Waals surface area contributed by atoms with E-state index in [4.69, 9.17) is 16.0 Å². The summed E-state index contributed by atoms with van der Waals surface area (Å²) in [5.41, 5.74) is 2.09. The first-order valence-corrected chi connectivity index (χ1v) is 7.74. The van der Waals surface area contributed by atoms with Crippen LogP contribution in [0, 0.1) is 6.92 Å². The monoisotopic (exact) mass is 337 g/mol. The minimum absolute atomic E-state index is 0.170. The van der Waals surface area contributed by atoms with Crippen molar-refractivity contribution in [2.45, 2.75) is 6.92 Å². The van der Waals surface area contributed by atoms with Crippen LogP contribution in [0.4, 0.5) is 0 Å². The van der Waals surface area contributed by atoms with Gasteiger partial charge in [0.15, 0.2) is 0 Å². The number of aryl methyl sites for hydroxylation is 1. The first-order chi connectivity index (χ1) is 11.6. The van der Waals surface area contributed by atoms with Crippen molar-refractivity contribution in [3.8, 4) is 17.1 Å². The third kappa shape index (κ3) is 2.30. The normalized spacial score (nSPS) is 11.1. The van der Waals surface area contributed by atoms with Crippen LogP contribution in [0.5, 0.6) is 0 Å². The van der Waals surface area contributed by atoms with Crippen LogP contribution in [0.15, 0.2) is 63.8 Å². The molecule has 0 fully saturated rings. The van der Waals surface area contributed by atoms with Crippen molar-refractivity contribution in [1.82, 2.24) is 14.8 Å². The van der Waals surface area contributed by atoms with Gasteiger partial charge in [-0.1, -0.05) is 41.9 Å². The highest BCUT2D eigenvalue weighted by atomic mass is 35.5. The molecule has 118 valence electrons. The Morgan fingerprint density at radius 2 is 1.75 bits per heavy atom. The third-order valence-corrected chi connectivity index (χ3v) is 4.10. The quantitative estimate of drug-likeness (QED) is 0.554. The Morgan fingerprint density at radius 1 is 1.04 bits per heavy atom. The Kier molecular flexibility index (Phi) is 3.43. The molecule has 0 unspecified atom stereocenters. The lowest BCUT2D eigenvalue weighted by Crippen LogP contribution is -2.03. The molecule has 4 rings (SSSR count). The zero-order chi connectivity index (χ0) is 16.7. The van der Waals surface area contributed by atoms with Crippen LogP contribution in [-0.4, -0.2) is 14.8 Å². The molecule has 0 N–H and O–H groups in total. The minimum Gasteiger partial charge on any atom is -0.403 e. The van der Waals surface area contributed by atoms with E-state index in [-0.39, 0.29) is 5.89 Å². The number of para-hydroxylation sites is 2. The average Bonchev–Trinajstić information content (AvgIpc) is 2.90. The lowest BCUT2D eigenvalue weighted by atomic mass is 10.2. The largest absolute Gasteiger partial charge is 0.403 e. The topological polar surface area (TPSA) is 60.9 Å². The maximum atomic E-state index is 12.2. The Hall–Kier alpha value is -2.92. The zero-order valence-corrected chi connectivity index (χ0v) is 13.5. The van der Waals surface area contributed by atoms with E-state index in [1.807, 2.05) is 36.4 Å². The highest BCUT2D eigenvalue weighted by Gasteiger charge is 2.20. The van der Waals surface area contributed by atoms with Gasteiger partial charge >= 0.3 is 5.63 Å². The highest BCUT2D eigenvalue weighted by Crippen LogP contribution is 2.31. The number of nitrogens with zero attached hydrogens (tertiary/aromatic N) is 3. The molecule has 0 saturated heterocycles. The molecule has 0 saturated carbocycles. The van der Waals surface area contributed by atoms with Crippen LogP contribution >= 0.6 is 11.6 Å². The van der Waals surface area contributed by atoms with Crippen LogP contribution in [0.25, 0.3) is 28.0 Å². The molecule has 0 spiro atoms. The molecule has 0 aliphatic rings. The summed E-state index contributed by atoms with van der Waals surface area (Å²) in [5, 5.41) is 5.24.